The molecule has 1 N–H and O–H groups in total. The molecule has 1 atom stereocenters. The Balaban J connectivity index is 1.64. The quantitative estimate of drug-likeness (QED) is 0.120. The average Bonchev–Trinajstić information content (AvgIpc) is 3.49. The zero-order valence-corrected chi connectivity index (χ0v) is 23.8. The lowest BCUT2D eigenvalue weighted by Gasteiger charge is -2.24. The molecule has 11 heteroatoms. The minimum Gasteiger partial charge on any atom is -0.507 e. The monoisotopic (exact) mass is 578 g/mol. The number of nitrogens with zero attached hydrogens (tertiary/aromatic N) is 2. The molecular formula is C30H30N2O8S. The summed E-state index contributed by atoms with van der Waals surface area (Å²) >= 11 is 0.953. The molecule has 0 aliphatic carbocycles. The van der Waals surface area contributed by atoms with Crippen LogP contribution in [0.25, 0.3) is 5.76 Å². The number of aliphatic hydroxyl groups is 1. The largest absolute Gasteiger partial charge is 0.507 e. The molecule has 10 nitrogen and oxygen atoms in total. The van der Waals surface area contributed by atoms with Crippen molar-refractivity contribution in [2.45, 2.75) is 39.7 Å². The Kier molecular flexibility index (Phi) is 8.25. The van der Waals surface area contributed by atoms with Crippen LogP contribution >= 0.6 is 11.3 Å². The van der Waals surface area contributed by atoms with Gasteiger partial charge in [-0.3, -0.25) is 14.5 Å². The van der Waals surface area contributed by atoms with E-state index in [4.69, 9.17) is 18.9 Å². The number of aromatic nitrogens is 1. The first kappa shape index (κ1) is 28.2. The number of ether oxygens (including phenoxy) is 4. The number of ketones is 1. The van der Waals surface area contributed by atoms with Crippen LogP contribution in [0.1, 0.15) is 59.2 Å². The second-order valence-electron chi connectivity index (χ2n) is 9.43. The molecule has 2 aliphatic heterocycles. The van der Waals surface area contributed by atoms with Gasteiger partial charge < -0.3 is 24.1 Å². The number of aliphatic hydroxyl groups excluding tert-OH is 1. The first-order valence-corrected chi connectivity index (χ1v) is 14.2. The van der Waals surface area contributed by atoms with Gasteiger partial charge in [-0.05, 0) is 56.2 Å². The summed E-state index contributed by atoms with van der Waals surface area (Å²) < 4.78 is 22.3. The maximum Gasteiger partial charge on any atom is 0.350 e. The fraction of sp³-hybridized carbons (Fsp3) is 0.333. The number of amides is 1. The molecule has 2 aliphatic rings. The molecule has 0 radical (unpaired) electrons. The van der Waals surface area contributed by atoms with Gasteiger partial charge in [-0.15, -0.1) is 0 Å². The van der Waals surface area contributed by atoms with Crippen molar-refractivity contribution in [2.24, 2.45) is 0 Å². The second-order valence-corrected chi connectivity index (χ2v) is 10.4. The van der Waals surface area contributed by atoms with Crippen LogP contribution in [0.3, 0.4) is 0 Å². The summed E-state index contributed by atoms with van der Waals surface area (Å²) in [5, 5.41) is 11.7. The zero-order valence-electron chi connectivity index (χ0n) is 23.0. The van der Waals surface area contributed by atoms with E-state index in [-0.39, 0.29) is 33.5 Å². The van der Waals surface area contributed by atoms with E-state index in [0.29, 0.717) is 48.3 Å². The first-order valence-electron chi connectivity index (χ1n) is 13.4. The maximum atomic E-state index is 13.6. The minimum absolute atomic E-state index is 0.122. The minimum atomic E-state index is -1.04. The van der Waals surface area contributed by atoms with Crippen LogP contribution in [0, 0.1) is 6.92 Å². The Bertz CT molecular complexity index is 1530. The van der Waals surface area contributed by atoms with Crippen LogP contribution < -0.4 is 19.1 Å². The molecule has 0 saturated carbocycles. The Morgan fingerprint density at radius 2 is 1.90 bits per heavy atom. The molecule has 2 aromatic carbocycles. The molecule has 0 spiro atoms. The summed E-state index contributed by atoms with van der Waals surface area (Å²) in [5.41, 5.74) is 1.06. The third-order valence-electron chi connectivity index (χ3n) is 6.65. The van der Waals surface area contributed by atoms with E-state index in [2.05, 4.69) is 11.9 Å². The van der Waals surface area contributed by atoms with E-state index in [0.717, 1.165) is 24.2 Å². The van der Waals surface area contributed by atoms with Crippen molar-refractivity contribution in [1.29, 1.82) is 0 Å². The SMILES string of the molecule is CCCCOc1cccc([C@H]2C(=C(O)c3ccc4c(c3)OCCO4)C(=O)C(=O)N2c2nc(C)c(C(=O)OCC)s2)c1. The van der Waals surface area contributed by atoms with Gasteiger partial charge in [0.1, 0.15) is 29.6 Å². The fourth-order valence-electron chi connectivity index (χ4n) is 4.67. The number of benzene rings is 2. The number of hydrogen-bond donors (Lipinski definition) is 1. The van der Waals surface area contributed by atoms with Gasteiger partial charge >= 0.3 is 11.9 Å². The van der Waals surface area contributed by atoms with Crippen LogP contribution in [0.2, 0.25) is 0 Å². The molecule has 1 saturated heterocycles. The number of carbonyl (C=O) groups excluding carboxylic acids is 3. The van der Waals surface area contributed by atoms with E-state index < -0.39 is 23.7 Å². The molecular weight excluding hydrogens is 548 g/mol. The summed E-state index contributed by atoms with van der Waals surface area (Å²) in [4.78, 5) is 45.6. The molecule has 5 rings (SSSR count). The molecule has 0 unspecified atom stereocenters. The second kappa shape index (κ2) is 12.0. The normalized spacial score (nSPS) is 17.5. The number of fused-ring (bicyclic) bond motifs is 1. The third-order valence-corrected chi connectivity index (χ3v) is 7.79. The molecule has 1 fully saturated rings. The van der Waals surface area contributed by atoms with Gasteiger partial charge in [0.05, 0.1) is 30.5 Å². The molecule has 1 amide bonds. The van der Waals surface area contributed by atoms with E-state index in [1.165, 1.54) is 4.90 Å². The Labute approximate surface area is 241 Å². The Hall–Kier alpha value is -4.38. The summed E-state index contributed by atoms with van der Waals surface area (Å²) in [6.07, 6.45) is 1.82. The van der Waals surface area contributed by atoms with Gasteiger partial charge in [-0.1, -0.05) is 36.8 Å². The third kappa shape index (κ3) is 5.49. The number of esters is 1. The van der Waals surface area contributed by atoms with Crippen molar-refractivity contribution >= 4 is 39.9 Å². The molecule has 3 aromatic rings. The number of anilines is 1. The lowest BCUT2D eigenvalue weighted by Crippen LogP contribution is -2.29. The van der Waals surface area contributed by atoms with Gasteiger partial charge in [-0.2, -0.15) is 0 Å². The number of rotatable bonds is 9. The lowest BCUT2D eigenvalue weighted by atomic mass is 9.95. The number of thiazole rings is 1. The number of hydrogen-bond acceptors (Lipinski definition) is 10. The van der Waals surface area contributed by atoms with Crippen molar-refractivity contribution < 1.29 is 38.4 Å². The molecule has 41 heavy (non-hydrogen) atoms. The van der Waals surface area contributed by atoms with E-state index in [1.807, 2.05) is 0 Å². The standard InChI is InChI=1S/C30H30N2O8S/c1-4-6-12-38-20-9-7-8-18(15-20)24-23(25(33)19-10-11-21-22(16-19)40-14-13-39-21)26(34)28(35)32(24)30-31-17(3)27(41-30)29(36)37-5-2/h7-11,15-16,24,33H,4-6,12-14H2,1-3H3/t24-/m0/s1. The predicted octanol–water partition coefficient (Wildman–Crippen LogP) is 5.20. The number of unbranched alkanes of at least 4 members (excludes halogenated alkanes) is 1. The number of aryl methyl sites for hydroxylation is 1. The predicted molar refractivity (Wildman–Crippen MR) is 152 cm³/mol. The van der Waals surface area contributed by atoms with Crippen molar-refractivity contribution in [3.63, 3.8) is 0 Å². The summed E-state index contributed by atoms with van der Waals surface area (Å²) in [5.74, 6) is -1.20. The molecule has 214 valence electrons. The van der Waals surface area contributed by atoms with Gasteiger partial charge in [0.2, 0.25) is 0 Å². The van der Waals surface area contributed by atoms with Crippen LogP contribution in [-0.2, 0) is 14.3 Å². The average molecular weight is 579 g/mol. The maximum absolute atomic E-state index is 13.6. The smallest absolute Gasteiger partial charge is 0.350 e. The van der Waals surface area contributed by atoms with E-state index in [1.54, 1.807) is 56.3 Å². The number of carbonyl (C=O) groups is 3. The molecule has 1 aromatic heterocycles. The van der Waals surface area contributed by atoms with Crippen molar-refractivity contribution in [2.75, 3.05) is 31.3 Å². The zero-order chi connectivity index (χ0) is 29.1. The molecule has 0 bridgehead atoms. The van der Waals surface area contributed by atoms with Gasteiger partial charge in [0, 0.05) is 5.56 Å². The van der Waals surface area contributed by atoms with Gasteiger partial charge in [-0.25, -0.2) is 9.78 Å². The van der Waals surface area contributed by atoms with Crippen LogP contribution in [-0.4, -0.2) is 54.2 Å². The van der Waals surface area contributed by atoms with Crippen LogP contribution in [0.5, 0.6) is 17.2 Å². The fourth-order valence-corrected chi connectivity index (χ4v) is 5.66. The first-order chi connectivity index (χ1) is 19.8. The van der Waals surface area contributed by atoms with Crippen LogP contribution in [0.15, 0.2) is 48.0 Å². The highest BCUT2D eigenvalue weighted by molar-refractivity contribution is 7.17. The van der Waals surface area contributed by atoms with Gasteiger partial charge in [0.25, 0.3) is 5.78 Å². The van der Waals surface area contributed by atoms with Crippen molar-refractivity contribution in [3.05, 3.63) is 69.7 Å². The highest BCUT2D eigenvalue weighted by atomic mass is 32.1. The summed E-state index contributed by atoms with van der Waals surface area (Å²) in [7, 11) is 0. The molecule has 3 heterocycles. The highest BCUT2D eigenvalue weighted by Gasteiger charge is 2.48. The number of Topliss-reactive ketones (excluding diaryl/α,β-unsaturated/α-hetero) is 1. The van der Waals surface area contributed by atoms with Crippen molar-refractivity contribution in [1.82, 2.24) is 4.98 Å². The summed E-state index contributed by atoms with van der Waals surface area (Å²) in [6.45, 7) is 6.82. The van der Waals surface area contributed by atoms with E-state index in [9.17, 15) is 19.5 Å². The Morgan fingerprint density at radius 1 is 1.12 bits per heavy atom. The van der Waals surface area contributed by atoms with Crippen LogP contribution in [0.4, 0.5) is 5.13 Å². The van der Waals surface area contributed by atoms with Gasteiger partial charge in [0.15, 0.2) is 16.6 Å². The lowest BCUT2D eigenvalue weighted by molar-refractivity contribution is -0.132. The van der Waals surface area contributed by atoms with E-state index >= 15 is 0 Å². The summed E-state index contributed by atoms with van der Waals surface area (Å²) in [6, 6.07) is 10.8. The van der Waals surface area contributed by atoms with Crippen molar-refractivity contribution in [3.8, 4) is 17.2 Å². The highest BCUT2D eigenvalue weighted by Crippen LogP contribution is 2.45. The topological polar surface area (TPSA) is 124 Å². The Morgan fingerprint density at radius 3 is 2.66 bits per heavy atom.